The monoisotopic (exact) mass is 354 g/mol. The lowest BCUT2D eigenvalue weighted by molar-refractivity contribution is -0.136. The van der Waals surface area contributed by atoms with Crippen LogP contribution in [0.1, 0.15) is 81.5 Å². The number of aliphatic carboxylic acids is 1. The van der Waals surface area contributed by atoms with Crippen LogP contribution in [0.3, 0.4) is 0 Å². The third-order valence-electron chi connectivity index (χ3n) is 5.34. The Morgan fingerprint density at radius 1 is 0.731 bits per heavy atom. The van der Waals surface area contributed by atoms with E-state index in [1.54, 1.807) is 0 Å². The van der Waals surface area contributed by atoms with Gasteiger partial charge in [-0.1, -0.05) is 64.3 Å². The number of hydrogen-bond acceptors (Lipinski definition) is 1. The summed E-state index contributed by atoms with van der Waals surface area (Å²) in [6.07, 6.45) is 10.3. The van der Waals surface area contributed by atoms with Crippen LogP contribution in [0.2, 0.25) is 0 Å². The lowest BCUT2D eigenvalue weighted by atomic mass is 9.82. The average Bonchev–Trinajstić information content (AvgIpc) is 2.64. The van der Waals surface area contributed by atoms with E-state index in [1.165, 1.54) is 47.8 Å². The number of hydrogen-bond donors (Lipinski definition) is 1. The van der Waals surface area contributed by atoms with Crippen LogP contribution in [0.5, 0.6) is 0 Å². The van der Waals surface area contributed by atoms with Crippen molar-refractivity contribution in [3.63, 3.8) is 0 Å². The van der Waals surface area contributed by atoms with E-state index in [-0.39, 0.29) is 6.42 Å². The highest BCUT2D eigenvalue weighted by Gasteiger charge is 2.19. The predicted molar refractivity (Wildman–Crippen MR) is 111 cm³/mol. The van der Waals surface area contributed by atoms with Gasteiger partial charge in [0.2, 0.25) is 0 Å². The Hall–Kier alpha value is -1.83. The number of unbranched alkanes of at least 4 members (excludes halogenated alkanes) is 3. The molecule has 0 aliphatic rings. The van der Waals surface area contributed by atoms with E-state index in [2.05, 4.69) is 39.0 Å². The van der Waals surface area contributed by atoms with Gasteiger partial charge in [0.1, 0.15) is 0 Å². The molecule has 0 amide bonds. The van der Waals surface area contributed by atoms with Gasteiger partial charge in [-0.05, 0) is 71.6 Å². The maximum atomic E-state index is 11.6. The summed E-state index contributed by atoms with van der Waals surface area (Å²) in [7, 11) is 0. The lowest BCUT2D eigenvalue weighted by Gasteiger charge is -2.22. The first-order valence-corrected chi connectivity index (χ1v) is 10.4. The third-order valence-corrected chi connectivity index (χ3v) is 5.34. The SMILES string of the molecule is CCCCc1c(CCCC)c(CC(=O)O)c2ccccc2c1CCCC. The normalized spacial score (nSPS) is 11.2. The maximum Gasteiger partial charge on any atom is 0.307 e. The van der Waals surface area contributed by atoms with Crippen LogP contribution in [0.4, 0.5) is 0 Å². The number of rotatable bonds is 11. The molecule has 1 N–H and O–H groups in total. The predicted octanol–water partition coefficient (Wildman–Crippen LogP) is 6.49. The molecule has 142 valence electrons. The van der Waals surface area contributed by atoms with E-state index in [0.29, 0.717) is 0 Å². The highest BCUT2D eigenvalue weighted by Crippen LogP contribution is 2.34. The van der Waals surface area contributed by atoms with Gasteiger partial charge in [0.15, 0.2) is 0 Å². The highest BCUT2D eigenvalue weighted by atomic mass is 16.4. The van der Waals surface area contributed by atoms with Crippen molar-refractivity contribution in [2.24, 2.45) is 0 Å². The fraction of sp³-hybridized carbons (Fsp3) is 0.542. The fourth-order valence-electron chi connectivity index (χ4n) is 4.00. The van der Waals surface area contributed by atoms with Crippen molar-refractivity contribution >= 4 is 16.7 Å². The number of fused-ring (bicyclic) bond motifs is 1. The number of aryl methyl sites for hydroxylation is 1. The van der Waals surface area contributed by atoms with Gasteiger partial charge in [0.05, 0.1) is 6.42 Å². The molecule has 0 aliphatic carbocycles. The van der Waals surface area contributed by atoms with Crippen LogP contribution >= 0.6 is 0 Å². The fourth-order valence-corrected chi connectivity index (χ4v) is 4.00. The van der Waals surface area contributed by atoms with Gasteiger partial charge in [-0.2, -0.15) is 0 Å². The first-order chi connectivity index (χ1) is 12.6. The Labute approximate surface area is 158 Å². The standard InChI is InChI=1S/C24H34O2/c1-4-7-12-18-19(13-8-5-2)21(14-9-6-3)23(17-24(25)26)22-16-11-10-15-20(18)22/h10-11,15-16H,4-9,12-14,17H2,1-3H3,(H,25,26). The molecule has 0 aromatic heterocycles. The zero-order valence-electron chi connectivity index (χ0n) is 16.7. The zero-order chi connectivity index (χ0) is 18.9. The van der Waals surface area contributed by atoms with Gasteiger partial charge in [0.25, 0.3) is 0 Å². The summed E-state index contributed by atoms with van der Waals surface area (Å²) >= 11 is 0. The van der Waals surface area contributed by atoms with Crippen molar-refractivity contribution in [3.05, 3.63) is 46.5 Å². The second-order valence-electron chi connectivity index (χ2n) is 7.34. The second kappa shape index (κ2) is 10.4. The van der Waals surface area contributed by atoms with Gasteiger partial charge < -0.3 is 5.11 Å². The summed E-state index contributed by atoms with van der Waals surface area (Å²) in [6, 6.07) is 8.47. The van der Waals surface area contributed by atoms with Crippen molar-refractivity contribution in [1.29, 1.82) is 0 Å². The largest absolute Gasteiger partial charge is 0.481 e. The smallest absolute Gasteiger partial charge is 0.307 e. The minimum absolute atomic E-state index is 0.132. The topological polar surface area (TPSA) is 37.3 Å². The van der Waals surface area contributed by atoms with E-state index in [1.807, 2.05) is 6.07 Å². The summed E-state index contributed by atoms with van der Waals surface area (Å²) in [4.78, 5) is 11.6. The molecule has 0 heterocycles. The molecule has 26 heavy (non-hydrogen) atoms. The van der Waals surface area contributed by atoms with E-state index in [4.69, 9.17) is 0 Å². The molecule has 0 fully saturated rings. The minimum atomic E-state index is -0.726. The second-order valence-corrected chi connectivity index (χ2v) is 7.34. The van der Waals surface area contributed by atoms with Gasteiger partial charge in [-0.25, -0.2) is 0 Å². The average molecular weight is 355 g/mol. The molecule has 0 saturated heterocycles. The van der Waals surface area contributed by atoms with Gasteiger partial charge in [-0.15, -0.1) is 0 Å². The Kier molecular flexibility index (Phi) is 8.15. The Morgan fingerprint density at radius 2 is 1.15 bits per heavy atom. The van der Waals surface area contributed by atoms with E-state index in [0.717, 1.165) is 43.1 Å². The number of carboxylic acid groups (broad SMARTS) is 1. The van der Waals surface area contributed by atoms with Crippen molar-refractivity contribution in [3.8, 4) is 0 Å². The molecule has 0 spiro atoms. The van der Waals surface area contributed by atoms with E-state index < -0.39 is 5.97 Å². The molecule has 2 heteroatoms. The summed E-state index contributed by atoms with van der Waals surface area (Å²) in [5, 5.41) is 12.0. The zero-order valence-corrected chi connectivity index (χ0v) is 16.7. The molecule has 0 saturated carbocycles. The molecule has 0 unspecified atom stereocenters. The van der Waals surface area contributed by atoms with Crippen LogP contribution in [0, 0.1) is 0 Å². The maximum absolute atomic E-state index is 11.6. The molecule has 2 rings (SSSR count). The lowest BCUT2D eigenvalue weighted by Crippen LogP contribution is -2.11. The quantitative estimate of drug-likeness (QED) is 0.500. The van der Waals surface area contributed by atoms with Crippen molar-refractivity contribution in [2.75, 3.05) is 0 Å². The minimum Gasteiger partial charge on any atom is -0.481 e. The number of carboxylic acids is 1. The molecule has 0 atom stereocenters. The van der Waals surface area contributed by atoms with Crippen molar-refractivity contribution in [1.82, 2.24) is 0 Å². The first kappa shape index (κ1) is 20.5. The van der Waals surface area contributed by atoms with Crippen LogP contribution in [-0.2, 0) is 30.5 Å². The summed E-state index contributed by atoms with van der Waals surface area (Å²) in [6.45, 7) is 6.68. The van der Waals surface area contributed by atoms with Gasteiger partial charge >= 0.3 is 5.97 Å². The van der Waals surface area contributed by atoms with Gasteiger partial charge in [0, 0.05) is 0 Å². The summed E-state index contributed by atoms with van der Waals surface area (Å²) in [5.74, 6) is -0.726. The molecule has 0 bridgehead atoms. The molecule has 0 radical (unpaired) electrons. The summed E-state index contributed by atoms with van der Waals surface area (Å²) < 4.78 is 0. The van der Waals surface area contributed by atoms with Crippen LogP contribution in [0.15, 0.2) is 24.3 Å². The van der Waals surface area contributed by atoms with Crippen LogP contribution in [0.25, 0.3) is 10.8 Å². The Morgan fingerprint density at radius 3 is 1.62 bits per heavy atom. The number of benzene rings is 2. The van der Waals surface area contributed by atoms with Crippen LogP contribution in [-0.4, -0.2) is 11.1 Å². The van der Waals surface area contributed by atoms with E-state index >= 15 is 0 Å². The van der Waals surface area contributed by atoms with Gasteiger partial charge in [-0.3, -0.25) is 4.79 Å². The molecule has 0 aliphatic heterocycles. The Bertz CT molecular complexity index is 731. The highest BCUT2D eigenvalue weighted by molar-refractivity contribution is 5.93. The molecule has 2 aromatic carbocycles. The molecular formula is C24H34O2. The Balaban J connectivity index is 2.75. The first-order valence-electron chi connectivity index (χ1n) is 10.4. The summed E-state index contributed by atoms with van der Waals surface area (Å²) in [5.41, 5.74) is 5.35. The molecular weight excluding hydrogens is 320 g/mol. The molecule has 2 nitrogen and oxygen atoms in total. The number of carbonyl (C=O) groups is 1. The van der Waals surface area contributed by atoms with Crippen molar-refractivity contribution < 1.29 is 9.90 Å². The van der Waals surface area contributed by atoms with E-state index in [9.17, 15) is 9.90 Å². The van der Waals surface area contributed by atoms with Crippen molar-refractivity contribution in [2.45, 2.75) is 85.0 Å². The molecule has 2 aromatic rings. The van der Waals surface area contributed by atoms with Crippen LogP contribution < -0.4 is 0 Å². The third kappa shape index (κ3) is 4.87.